The molecule has 36 heavy (non-hydrogen) atoms. The van der Waals surface area contributed by atoms with Crippen LogP contribution in [0.4, 0.5) is 13.2 Å². The number of halogens is 3. The van der Waals surface area contributed by atoms with Crippen LogP contribution in [0.3, 0.4) is 0 Å². The van der Waals surface area contributed by atoms with E-state index >= 15 is 0 Å². The standard InChI is InChI=1S/C26H17F3N4O3/c27-26(28,29)18-9-6-15(7-10-18)14-33-23(20-5-1-3-16-4-2-12-30-22(16)20)31-21-13-17(24(34)32-36)8-11-19(21)25(33)35/h1-13,36H,14H2,(H,32,34). The van der Waals surface area contributed by atoms with Crippen molar-refractivity contribution in [3.8, 4) is 11.4 Å². The maximum absolute atomic E-state index is 13.6. The van der Waals surface area contributed by atoms with Crippen molar-refractivity contribution in [3.63, 3.8) is 0 Å². The van der Waals surface area contributed by atoms with Gasteiger partial charge in [0.05, 0.1) is 28.5 Å². The Morgan fingerprint density at radius 3 is 2.47 bits per heavy atom. The van der Waals surface area contributed by atoms with Crippen molar-refractivity contribution < 1.29 is 23.2 Å². The van der Waals surface area contributed by atoms with E-state index in [0.717, 1.165) is 17.5 Å². The van der Waals surface area contributed by atoms with Crippen LogP contribution in [0.25, 0.3) is 33.2 Å². The molecule has 2 N–H and O–H groups in total. The normalized spacial score (nSPS) is 11.7. The first kappa shape index (κ1) is 23.2. The molecule has 0 spiro atoms. The Labute approximate surface area is 201 Å². The number of benzene rings is 3. The first-order valence-electron chi connectivity index (χ1n) is 10.8. The van der Waals surface area contributed by atoms with Gasteiger partial charge in [-0.1, -0.05) is 30.3 Å². The molecular weight excluding hydrogens is 473 g/mol. The molecule has 7 nitrogen and oxygen atoms in total. The lowest BCUT2D eigenvalue weighted by Gasteiger charge is -2.16. The molecule has 5 aromatic rings. The number of rotatable bonds is 4. The van der Waals surface area contributed by atoms with Crippen molar-refractivity contribution >= 4 is 27.7 Å². The number of para-hydroxylation sites is 1. The second-order valence-corrected chi connectivity index (χ2v) is 8.07. The third-order valence-corrected chi connectivity index (χ3v) is 5.81. The predicted molar refractivity (Wildman–Crippen MR) is 127 cm³/mol. The van der Waals surface area contributed by atoms with E-state index in [1.165, 1.54) is 34.9 Å². The van der Waals surface area contributed by atoms with Gasteiger partial charge in [-0.05, 0) is 48.0 Å². The summed E-state index contributed by atoms with van der Waals surface area (Å²) in [4.78, 5) is 34.6. The highest BCUT2D eigenvalue weighted by Crippen LogP contribution is 2.30. The Kier molecular flexibility index (Phi) is 5.73. The van der Waals surface area contributed by atoms with Crippen LogP contribution in [-0.2, 0) is 12.7 Å². The molecule has 0 bridgehead atoms. The minimum atomic E-state index is -4.47. The van der Waals surface area contributed by atoms with Gasteiger partial charge in [0.1, 0.15) is 5.82 Å². The molecule has 0 aliphatic carbocycles. The molecular formula is C26H17F3N4O3. The van der Waals surface area contributed by atoms with Crippen LogP contribution in [0.5, 0.6) is 0 Å². The lowest BCUT2D eigenvalue weighted by atomic mass is 10.1. The van der Waals surface area contributed by atoms with E-state index in [1.807, 2.05) is 12.1 Å². The van der Waals surface area contributed by atoms with E-state index in [1.54, 1.807) is 29.9 Å². The SMILES string of the molecule is O=C(NO)c1ccc2c(=O)n(Cc3ccc(C(F)(F)F)cc3)c(-c3cccc4cccnc34)nc2c1. The first-order chi connectivity index (χ1) is 17.3. The Bertz CT molecular complexity index is 1670. The molecule has 0 aliphatic heterocycles. The molecule has 3 aromatic carbocycles. The van der Waals surface area contributed by atoms with Gasteiger partial charge >= 0.3 is 6.18 Å². The summed E-state index contributed by atoms with van der Waals surface area (Å²) in [6, 6.07) is 17.8. The fraction of sp³-hybridized carbons (Fsp3) is 0.0769. The number of carbonyl (C=O) groups excluding carboxylic acids is 1. The number of nitrogens with one attached hydrogen (secondary N) is 1. The summed E-state index contributed by atoms with van der Waals surface area (Å²) >= 11 is 0. The highest BCUT2D eigenvalue weighted by atomic mass is 19.4. The summed E-state index contributed by atoms with van der Waals surface area (Å²) in [6.07, 6.45) is -2.87. The molecule has 0 aliphatic rings. The van der Waals surface area contributed by atoms with Crippen molar-refractivity contribution in [1.29, 1.82) is 0 Å². The topological polar surface area (TPSA) is 97.1 Å². The number of alkyl halides is 3. The van der Waals surface area contributed by atoms with E-state index in [0.29, 0.717) is 16.6 Å². The van der Waals surface area contributed by atoms with Crippen LogP contribution in [0.1, 0.15) is 21.5 Å². The van der Waals surface area contributed by atoms with Gasteiger partial charge in [-0.3, -0.25) is 24.3 Å². The monoisotopic (exact) mass is 490 g/mol. The third-order valence-electron chi connectivity index (χ3n) is 5.81. The van der Waals surface area contributed by atoms with Crippen LogP contribution in [0.2, 0.25) is 0 Å². The molecule has 2 aromatic heterocycles. The minimum absolute atomic E-state index is 0.0443. The molecule has 0 radical (unpaired) electrons. The van der Waals surface area contributed by atoms with Gasteiger partial charge in [-0.2, -0.15) is 13.2 Å². The van der Waals surface area contributed by atoms with E-state index < -0.39 is 23.2 Å². The van der Waals surface area contributed by atoms with Gasteiger partial charge in [0.15, 0.2) is 0 Å². The summed E-state index contributed by atoms with van der Waals surface area (Å²) < 4.78 is 40.4. The zero-order valence-corrected chi connectivity index (χ0v) is 18.5. The Hall–Kier alpha value is -4.57. The van der Waals surface area contributed by atoms with E-state index in [2.05, 4.69) is 9.97 Å². The fourth-order valence-electron chi connectivity index (χ4n) is 4.05. The van der Waals surface area contributed by atoms with Crippen molar-refractivity contribution in [2.75, 3.05) is 0 Å². The minimum Gasteiger partial charge on any atom is -0.288 e. The number of hydrogen-bond acceptors (Lipinski definition) is 5. The van der Waals surface area contributed by atoms with Gasteiger partial charge in [0.25, 0.3) is 11.5 Å². The van der Waals surface area contributed by atoms with Gasteiger partial charge in [0.2, 0.25) is 0 Å². The predicted octanol–water partition coefficient (Wildman–Crippen LogP) is 4.80. The molecule has 0 saturated heterocycles. The molecule has 180 valence electrons. The number of carbonyl (C=O) groups is 1. The molecule has 5 rings (SSSR count). The number of nitrogens with zero attached hydrogens (tertiary/aromatic N) is 3. The van der Waals surface area contributed by atoms with E-state index in [4.69, 9.17) is 5.21 Å². The van der Waals surface area contributed by atoms with Gasteiger partial charge in [-0.25, -0.2) is 10.5 Å². The van der Waals surface area contributed by atoms with Gasteiger partial charge in [0, 0.05) is 22.7 Å². The third kappa shape index (κ3) is 4.18. The van der Waals surface area contributed by atoms with Crippen LogP contribution in [0, 0.1) is 0 Å². The maximum atomic E-state index is 13.6. The van der Waals surface area contributed by atoms with Crippen LogP contribution >= 0.6 is 0 Å². The number of fused-ring (bicyclic) bond motifs is 2. The fourth-order valence-corrected chi connectivity index (χ4v) is 4.05. The lowest BCUT2D eigenvalue weighted by Crippen LogP contribution is -2.25. The molecule has 0 unspecified atom stereocenters. The number of aromatic nitrogens is 3. The molecule has 0 saturated carbocycles. The molecule has 2 heterocycles. The number of pyridine rings is 1. The highest BCUT2D eigenvalue weighted by Gasteiger charge is 2.30. The zero-order valence-electron chi connectivity index (χ0n) is 18.5. The van der Waals surface area contributed by atoms with Crippen molar-refractivity contribution in [2.24, 2.45) is 0 Å². The average Bonchev–Trinajstić information content (AvgIpc) is 2.89. The van der Waals surface area contributed by atoms with Gasteiger partial charge < -0.3 is 0 Å². The summed E-state index contributed by atoms with van der Waals surface area (Å²) in [5.41, 5.74) is 2.22. The quantitative estimate of drug-likeness (QED) is 0.279. The molecule has 10 heteroatoms. The smallest absolute Gasteiger partial charge is 0.288 e. The second kappa shape index (κ2) is 8.90. The number of hydrogen-bond donors (Lipinski definition) is 2. The Morgan fingerprint density at radius 1 is 1.00 bits per heavy atom. The second-order valence-electron chi connectivity index (χ2n) is 8.07. The van der Waals surface area contributed by atoms with E-state index in [-0.39, 0.29) is 28.8 Å². The van der Waals surface area contributed by atoms with Crippen LogP contribution in [-0.4, -0.2) is 25.6 Å². The Morgan fingerprint density at radius 2 is 1.75 bits per heavy atom. The summed E-state index contributed by atoms with van der Waals surface area (Å²) in [5, 5.41) is 9.99. The summed E-state index contributed by atoms with van der Waals surface area (Å²) in [5.74, 6) is -0.528. The Balaban J connectivity index is 1.74. The van der Waals surface area contributed by atoms with Crippen molar-refractivity contribution in [2.45, 2.75) is 12.7 Å². The van der Waals surface area contributed by atoms with E-state index in [9.17, 15) is 22.8 Å². The first-order valence-corrected chi connectivity index (χ1v) is 10.8. The zero-order chi connectivity index (χ0) is 25.4. The van der Waals surface area contributed by atoms with Crippen molar-refractivity contribution in [1.82, 2.24) is 20.0 Å². The summed E-state index contributed by atoms with van der Waals surface area (Å²) in [6.45, 7) is -0.0443. The average molecular weight is 490 g/mol. The maximum Gasteiger partial charge on any atom is 0.416 e. The van der Waals surface area contributed by atoms with Crippen LogP contribution in [0.15, 0.2) is 83.8 Å². The van der Waals surface area contributed by atoms with Crippen molar-refractivity contribution in [3.05, 3.63) is 106 Å². The lowest BCUT2D eigenvalue weighted by molar-refractivity contribution is -0.137. The number of amides is 1. The molecule has 0 atom stereocenters. The number of hydroxylamine groups is 1. The van der Waals surface area contributed by atoms with Gasteiger partial charge in [-0.15, -0.1) is 0 Å². The molecule has 1 amide bonds. The largest absolute Gasteiger partial charge is 0.416 e. The summed E-state index contributed by atoms with van der Waals surface area (Å²) in [7, 11) is 0. The van der Waals surface area contributed by atoms with Crippen LogP contribution < -0.4 is 11.0 Å². The highest BCUT2D eigenvalue weighted by molar-refractivity contribution is 5.98. The molecule has 0 fully saturated rings.